The van der Waals surface area contributed by atoms with Crippen molar-refractivity contribution < 1.29 is 32.7 Å². The van der Waals surface area contributed by atoms with Gasteiger partial charge in [0.1, 0.15) is 24.1 Å². The molecular weight excluding hydrogens is 697 g/mol. The summed E-state index contributed by atoms with van der Waals surface area (Å²) in [6, 6.07) is 7.99. The van der Waals surface area contributed by atoms with Gasteiger partial charge >= 0.3 is 11.9 Å². The lowest BCUT2D eigenvalue weighted by Crippen LogP contribution is -2.58. The summed E-state index contributed by atoms with van der Waals surface area (Å²) in [5.41, 5.74) is 1.28. The Morgan fingerprint density at radius 2 is 1.62 bits per heavy atom. The van der Waals surface area contributed by atoms with E-state index in [1.54, 1.807) is 0 Å². The van der Waals surface area contributed by atoms with Crippen molar-refractivity contribution >= 4 is 30.0 Å². The van der Waals surface area contributed by atoms with Crippen molar-refractivity contribution in [2.24, 2.45) is 34.5 Å². The summed E-state index contributed by atoms with van der Waals surface area (Å²) >= 11 is 0. The van der Waals surface area contributed by atoms with Crippen LogP contribution >= 0.6 is 0 Å². The van der Waals surface area contributed by atoms with E-state index in [-0.39, 0.29) is 58.0 Å². The van der Waals surface area contributed by atoms with Gasteiger partial charge in [-0.15, -0.1) is 0 Å². The van der Waals surface area contributed by atoms with Crippen LogP contribution in [0, 0.1) is 34.5 Å². The van der Waals surface area contributed by atoms with E-state index >= 15 is 0 Å². The molecule has 2 aliphatic carbocycles. The van der Waals surface area contributed by atoms with E-state index in [2.05, 4.69) is 120 Å². The Hall–Kier alpha value is -2.21. The number of para-hydroxylation sites is 1. The van der Waals surface area contributed by atoms with Crippen LogP contribution in [0.3, 0.4) is 0 Å². The second kappa shape index (κ2) is 16.9. The van der Waals surface area contributed by atoms with Gasteiger partial charge in [-0.2, -0.15) is 0 Å². The monoisotopic (exact) mass is 766 g/mol. The zero-order valence-corrected chi connectivity index (χ0v) is 37.6. The molecule has 296 valence electrons. The van der Waals surface area contributed by atoms with Crippen molar-refractivity contribution in [2.75, 3.05) is 0 Å². The van der Waals surface area contributed by atoms with Crippen LogP contribution in [0.4, 0.5) is 0 Å². The molecule has 7 nitrogen and oxygen atoms in total. The fourth-order valence-electron chi connectivity index (χ4n) is 8.62. The molecule has 1 aromatic rings. The molecule has 0 spiro atoms. The summed E-state index contributed by atoms with van der Waals surface area (Å²) in [5.74, 6) is 0.257. The van der Waals surface area contributed by atoms with Gasteiger partial charge in [0.05, 0.1) is 5.60 Å². The Balaban J connectivity index is 1.70. The van der Waals surface area contributed by atoms with E-state index in [0.29, 0.717) is 25.7 Å². The highest BCUT2D eigenvalue weighted by Crippen LogP contribution is 2.53. The third-order valence-corrected chi connectivity index (χ3v) is 13.1. The zero-order chi connectivity index (χ0) is 39.7. The first-order valence-electron chi connectivity index (χ1n) is 20.0. The number of cyclic esters (lactones) is 1. The van der Waals surface area contributed by atoms with Crippen molar-refractivity contribution in [1.29, 1.82) is 0 Å². The van der Waals surface area contributed by atoms with Gasteiger partial charge in [0.2, 0.25) is 18.1 Å². The number of fused-ring (bicyclic) bond motifs is 1. The second-order valence-electron chi connectivity index (χ2n) is 19.5. The molecule has 9 heteroatoms. The lowest BCUT2D eigenvalue weighted by molar-refractivity contribution is -0.180. The summed E-state index contributed by atoms with van der Waals surface area (Å²) in [5, 5.41) is 0. The standard InChI is InChI=1S/C44H70O7Si2/c1-16-34(48-35-20-18-17-19-32(35)42(6,7)8)39(45)49-36-26-30(41(3,4)5)25-29-22-21-28(2)44(37(29)36,51-53(14)15)24-23-31-27-33(43(9,10)11)38(40(46)47-31)50-52(12)13/h17-22,25,28,30-31,33-34,36-38H,16,23-24,26-27H2,1-15H3/t28-,30+,31+,33-,34?,36-,37+,38?,44-/m0/s1. The fourth-order valence-corrected chi connectivity index (χ4v) is 10.6. The average molecular weight is 767 g/mol. The molecule has 1 aromatic carbocycles. The molecule has 0 saturated carbocycles. The average Bonchev–Trinajstić information content (AvgIpc) is 3.03. The van der Waals surface area contributed by atoms with E-state index in [9.17, 15) is 9.59 Å². The van der Waals surface area contributed by atoms with Crippen LogP contribution < -0.4 is 4.74 Å². The Labute approximate surface area is 325 Å². The lowest BCUT2D eigenvalue weighted by Gasteiger charge is -2.54. The highest BCUT2D eigenvalue weighted by Gasteiger charge is 2.55. The number of ether oxygens (including phenoxy) is 3. The number of benzene rings is 1. The number of allylic oxidation sites excluding steroid dienone is 2. The molecule has 1 heterocycles. The maximum absolute atomic E-state index is 14.3. The van der Waals surface area contributed by atoms with Crippen LogP contribution in [-0.4, -0.2) is 60.0 Å². The third-order valence-electron chi connectivity index (χ3n) is 11.6. The van der Waals surface area contributed by atoms with Gasteiger partial charge in [0.25, 0.3) is 0 Å². The molecule has 9 atom stereocenters. The predicted molar refractivity (Wildman–Crippen MR) is 217 cm³/mol. The summed E-state index contributed by atoms with van der Waals surface area (Å²) in [7, 11) is -2.31. The fraction of sp³-hybridized carbons (Fsp3) is 0.727. The Morgan fingerprint density at radius 3 is 2.19 bits per heavy atom. The largest absolute Gasteiger partial charge is 0.478 e. The van der Waals surface area contributed by atoms with Gasteiger partial charge in [-0.1, -0.05) is 113 Å². The number of carbonyl (C=O) groups is 2. The lowest BCUT2D eigenvalue weighted by atomic mass is 9.59. The van der Waals surface area contributed by atoms with Gasteiger partial charge in [-0.05, 0) is 97.7 Å². The third kappa shape index (κ3) is 10.4. The minimum absolute atomic E-state index is 0.0330. The number of hydrogen-bond donors (Lipinski definition) is 0. The van der Waals surface area contributed by atoms with Crippen molar-refractivity contribution in [2.45, 2.75) is 170 Å². The molecule has 0 N–H and O–H groups in total. The molecule has 0 bridgehead atoms. The Bertz CT molecular complexity index is 1480. The van der Waals surface area contributed by atoms with Gasteiger partial charge in [-0.3, -0.25) is 0 Å². The second-order valence-corrected chi connectivity index (χ2v) is 23.5. The number of rotatable bonds is 12. The van der Waals surface area contributed by atoms with Gasteiger partial charge in [0, 0.05) is 17.8 Å². The maximum Gasteiger partial charge on any atom is 0.347 e. The van der Waals surface area contributed by atoms with Gasteiger partial charge < -0.3 is 23.1 Å². The molecule has 2 radical (unpaired) electrons. The highest BCUT2D eigenvalue weighted by molar-refractivity contribution is 6.49. The molecule has 4 rings (SSSR count). The summed E-state index contributed by atoms with van der Waals surface area (Å²) in [6.45, 7) is 32.5. The highest BCUT2D eigenvalue weighted by atomic mass is 28.3. The first-order valence-corrected chi connectivity index (χ1v) is 24.8. The molecule has 1 fully saturated rings. The van der Waals surface area contributed by atoms with Crippen molar-refractivity contribution in [3.05, 3.63) is 53.6 Å². The van der Waals surface area contributed by atoms with Crippen LogP contribution in [0.2, 0.25) is 26.2 Å². The zero-order valence-electron chi connectivity index (χ0n) is 35.6. The van der Waals surface area contributed by atoms with Gasteiger partial charge in [-0.25, -0.2) is 9.59 Å². The van der Waals surface area contributed by atoms with Crippen LogP contribution in [0.15, 0.2) is 48.1 Å². The SMILES string of the molecule is CCC(Oc1ccccc1C(C)(C)C)C(=O)O[C@H]1C[C@H](C(C)(C)C)C=C2C=C[C@H](C)[C@](CC[C@@H]3C[C@H](C(C)(C)C)C(O[Si](C)C)C(=O)O3)(O[Si](C)C)[C@H]21. The minimum Gasteiger partial charge on any atom is -0.478 e. The summed E-state index contributed by atoms with van der Waals surface area (Å²) in [6.07, 6.45) is 8.24. The first kappa shape index (κ1) is 43.5. The maximum atomic E-state index is 14.3. The summed E-state index contributed by atoms with van der Waals surface area (Å²) in [4.78, 5) is 27.9. The van der Waals surface area contributed by atoms with Gasteiger partial charge in [0.15, 0.2) is 6.10 Å². The van der Waals surface area contributed by atoms with E-state index in [0.717, 1.165) is 17.7 Å². The summed E-state index contributed by atoms with van der Waals surface area (Å²) < 4.78 is 32.9. The predicted octanol–water partition coefficient (Wildman–Crippen LogP) is 10.3. The molecule has 1 aliphatic heterocycles. The molecular formula is C44H70O7Si2. The van der Waals surface area contributed by atoms with E-state index in [1.165, 1.54) is 5.57 Å². The normalized spacial score (nSPS) is 30.1. The van der Waals surface area contributed by atoms with Crippen molar-refractivity contribution in [1.82, 2.24) is 0 Å². The Morgan fingerprint density at radius 1 is 0.962 bits per heavy atom. The molecule has 0 amide bonds. The Kier molecular flexibility index (Phi) is 13.9. The van der Waals surface area contributed by atoms with E-state index < -0.39 is 42.0 Å². The quantitative estimate of drug-likeness (QED) is 0.155. The topological polar surface area (TPSA) is 80.3 Å². The van der Waals surface area contributed by atoms with E-state index in [4.69, 9.17) is 23.1 Å². The molecule has 53 heavy (non-hydrogen) atoms. The number of esters is 2. The molecule has 0 aromatic heterocycles. The van der Waals surface area contributed by atoms with Crippen LogP contribution in [0.25, 0.3) is 0 Å². The van der Waals surface area contributed by atoms with E-state index in [1.807, 2.05) is 25.1 Å². The number of hydrogen-bond acceptors (Lipinski definition) is 7. The molecule has 3 aliphatic rings. The first-order chi connectivity index (χ1) is 24.5. The smallest absolute Gasteiger partial charge is 0.347 e. The van der Waals surface area contributed by atoms with Crippen molar-refractivity contribution in [3.8, 4) is 5.75 Å². The molecule has 1 saturated heterocycles. The van der Waals surface area contributed by atoms with Crippen LogP contribution in [0.5, 0.6) is 5.75 Å². The van der Waals surface area contributed by atoms with Crippen molar-refractivity contribution in [3.63, 3.8) is 0 Å². The van der Waals surface area contributed by atoms with Crippen LogP contribution in [0.1, 0.15) is 114 Å². The van der Waals surface area contributed by atoms with Crippen LogP contribution in [-0.2, 0) is 33.3 Å². The molecule has 2 unspecified atom stereocenters. The number of carbonyl (C=O) groups excluding carboxylic acids is 2. The minimum atomic E-state index is -1.21.